The van der Waals surface area contributed by atoms with Crippen LogP contribution >= 0.6 is 0 Å². The van der Waals surface area contributed by atoms with Crippen LogP contribution in [-0.2, 0) is 4.79 Å². The van der Waals surface area contributed by atoms with Crippen molar-refractivity contribution in [2.45, 2.75) is 0 Å². The third-order valence-corrected chi connectivity index (χ3v) is 1.07. The van der Waals surface area contributed by atoms with E-state index in [9.17, 15) is 4.79 Å². The second kappa shape index (κ2) is 2.99. The highest BCUT2D eigenvalue weighted by Crippen LogP contribution is 2.05. The van der Waals surface area contributed by atoms with Gasteiger partial charge in [0.15, 0.2) is 0 Å². The second-order valence-corrected chi connectivity index (χ2v) is 1.79. The molecular weight excluding hydrogens is 125 g/mol. The zero-order valence-corrected chi connectivity index (χ0v) is 5.24. The molecule has 0 aliphatic rings. The van der Waals surface area contributed by atoms with Gasteiger partial charge in [-0.15, -0.1) is 0 Å². The maximum Gasteiger partial charge on any atom is 0.240 e. The predicted octanol–water partition coefficient (Wildman–Crippen LogP) is 0.448. The van der Waals surface area contributed by atoms with E-state index in [0.29, 0.717) is 11.2 Å². The molecule has 0 atom stereocenters. The van der Waals surface area contributed by atoms with Crippen LogP contribution in [0.1, 0.15) is 0 Å². The molecule has 1 aromatic carbocycles. The van der Waals surface area contributed by atoms with Gasteiger partial charge in [-0.1, -0.05) is 17.6 Å². The molecule has 0 spiro atoms. The summed E-state index contributed by atoms with van der Waals surface area (Å²) in [6.07, 6.45) is 1.44. The quantitative estimate of drug-likeness (QED) is 0.307. The average Bonchev–Trinajstić information content (AvgIpc) is 1.95. The molecule has 0 fully saturated rings. The molecule has 0 aromatic heterocycles. The van der Waals surface area contributed by atoms with E-state index in [1.165, 1.54) is 6.08 Å². The van der Waals surface area contributed by atoms with Crippen LogP contribution in [0.4, 0.5) is 5.69 Å². The van der Waals surface area contributed by atoms with Gasteiger partial charge in [0.2, 0.25) is 6.08 Å². The van der Waals surface area contributed by atoms with Crippen LogP contribution in [0, 0.1) is 0 Å². The lowest BCUT2D eigenvalue weighted by molar-refractivity contribution is 0.565. The Kier molecular flexibility index (Phi) is 2.03. The van der Waals surface area contributed by atoms with Gasteiger partial charge in [-0.25, -0.2) is 4.79 Å². The topological polar surface area (TPSA) is 29.4 Å². The van der Waals surface area contributed by atoms with Gasteiger partial charge in [0, 0.05) is 0 Å². The van der Waals surface area contributed by atoms with E-state index in [2.05, 4.69) is 4.99 Å². The lowest BCUT2D eigenvalue weighted by Crippen LogP contribution is -1.97. The molecule has 46 valence electrons. The van der Waals surface area contributed by atoms with Crippen LogP contribution in [-0.4, -0.2) is 13.9 Å². The summed E-state index contributed by atoms with van der Waals surface area (Å²) in [6.45, 7) is 0. The Morgan fingerprint density at radius 3 is 2.40 bits per heavy atom. The number of hydrogen-bond acceptors (Lipinski definition) is 2. The van der Waals surface area contributed by atoms with E-state index in [1.54, 1.807) is 24.3 Å². The van der Waals surface area contributed by atoms with Crippen molar-refractivity contribution in [3.05, 3.63) is 24.3 Å². The third kappa shape index (κ3) is 1.57. The van der Waals surface area contributed by atoms with Crippen molar-refractivity contribution in [3.63, 3.8) is 0 Å². The predicted molar refractivity (Wildman–Crippen MR) is 39.6 cm³/mol. The monoisotopic (exact) mass is 129 g/mol. The normalized spacial score (nSPS) is 8.40. The van der Waals surface area contributed by atoms with Gasteiger partial charge < -0.3 is 0 Å². The summed E-state index contributed by atoms with van der Waals surface area (Å²) in [5.41, 5.74) is 1.23. The Morgan fingerprint density at radius 1 is 1.30 bits per heavy atom. The number of hydrogen-bond donors (Lipinski definition) is 0. The van der Waals surface area contributed by atoms with Gasteiger partial charge >= 0.3 is 0 Å². The van der Waals surface area contributed by atoms with Crippen molar-refractivity contribution in [1.29, 1.82) is 0 Å². The van der Waals surface area contributed by atoms with Crippen molar-refractivity contribution in [3.8, 4) is 0 Å². The Bertz CT molecular complexity index is 261. The molecule has 2 radical (unpaired) electrons. The first-order valence-corrected chi connectivity index (χ1v) is 2.76. The molecule has 0 heterocycles. The van der Waals surface area contributed by atoms with Crippen LogP contribution in [0.25, 0.3) is 0 Å². The zero-order chi connectivity index (χ0) is 7.40. The third-order valence-electron chi connectivity index (χ3n) is 1.07. The summed E-state index contributed by atoms with van der Waals surface area (Å²) >= 11 is 0. The fraction of sp³-hybridized carbons (Fsp3) is 0. The highest BCUT2D eigenvalue weighted by atomic mass is 16.1. The SMILES string of the molecule is [B]c1ccc(N=C=O)cc1. The highest BCUT2D eigenvalue weighted by molar-refractivity contribution is 6.32. The standard InChI is InChI=1S/C7H4BNO/c8-6-1-3-7(4-2-6)9-5-10/h1-4H. The molecule has 0 amide bonds. The van der Waals surface area contributed by atoms with E-state index >= 15 is 0 Å². The maximum absolute atomic E-state index is 9.74. The number of aliphatic imine (C=N–C) groups is 1. The molecule has 0 saturated heterocycles. The lowest BCUT2D eigenvalue weighted by Gasteiger charge is -1.90. The number of nitrogens with zero attached hydrogens (tertiary/aromatic N) is 1. The Hall–Kier alpha value is -1.34. The van der Waals surface area contributed by atoms with Gasteiger partial charge in [0.25, 0.3) is 0 Å². The summed E-state index contributed by atoms with van der Waals surface area (Å²) in [5.74, 6) is 0. The minimum Gasteiger partial charge on any atom is -0.211 e. The summed E-state index contributed by atoms with van der Waals surface area (Å²) < 4.78 is 0. The molecule has 0 bridgehead atoms. The maximum atomic E-state index is 9.74. The van der Waals surface area contributed by atoms with Crippen LogP contribution in [0.2, 0.25) is 0 Å². The number of carbonyl (C=O) groups excluding carboxylic acids is 1. The van der Waals surface area contributed by atoms with E-state index in [0.717, 1.165) is 0 Å². The van der Waals surface area contributed by atoms with Crippen LogP contribution < -0.4 is 5.46 Å². The first kappa shape index (κ1) is 6.78. The van der Waals surface area contributed by atoms with Crippen molar-refractivity contribution in [1.82, 2.24) is 0 Å². The van der Waals surface area contributed by atoms with Gasteiger partial charge in [-0.05, 0) is 12.1 Å². The Morgan fingerprint density at radius 2 is 1.90 bits per heavy atom. The van der Waals surface area contributed by atoms with Crippen molar-refractivity contribution < 1.29 is 4.79 Å². The Labute approximate surface area is 60.0 Å². The molecule has 1 aromatic rings. The lowest BCUT2D eigenvalue weighted by atomic mass is 9.96. The van der Waals surface area contributed by atoms with Gasteiger partial charge in [-0.3, -0.25) is 0 Å². The molecule has 0 unspecified atom stereocenters. The van der Waals surface area contributed by atoms with Crippen LogP contribution in [0.3, 0.4) is 0 Å². The molecule has 10 heavy (non-hydrogen) atoms. The average molecular weight is 129 g/mol. The number of rotatable bonds is 1. The summed E-state index contributed by atoms with van der Waals surface area (Å²) in [5, 5.41) is 0. The largest absolute Gasteiger partial charge is 0.240 e. The van der Waals surface area contributed by atoms with Crippen molar-refractivity contribution >= 4 is 25.1 Å². The van der Waals surface area contributed by atoms with E-state index < -0.39 is 0 Å². The van der Waals surface area contributed by atoms with Crippen LogP contribution in [0.15, 0.2) is 29.3 Å². The minimum absolute atomic E-state index is 0.573. The van der Waals surface area contributed by atoms with Crippen molar-refractivity contribution in [2.75, 3.05) is 0 Å². The zero-order valence-electron chi connectivity index (χ0n) is 5.24. The molecule has 0 aliphatic carbocycles. The smallest absolute Gasteiger partial charge is 0.211 e. The van der Waals surface area contributed by atoms with Gasteiger partial charge in [-0.2, -0.15) is 4.99 Å². The Balaban J connectivity index is 3.00. The summed E-state index contributed by atoms with van der Waals surface area (Å²) in [4.78, 5) is 13.1. The molecule has 0 saturated carbocycles. The molecule has 0 aliphatic heterocycles. The molecular formula is C7H4BNO. The highest BCUT2D eigenvalue weighted by Gasteiger charge is 1.85. The fourth-order valence-corrected chi connectivity index (χ4v) is 0.602. The van der Waals surface area contributed by atoms with Gasteiger partial charge in [0.1, 0.15) is 7.85 Å². The van der Waals surface area contributed by atoms with E-state index in [1.807, 2.05) is 0 Å². The first-order valence-electron chi connectivity index (χ1n) is 2.76. The fourth-order valence-electron chi connectivity index (χ4n) is 0.602. The van der Waals surface area contributed by atoms with Gasteiger partial charge in [0.05, 0.1) is 5.69 Å². The summed E-state index contributed by atoms with van der Waals surface area (Å²) in [6, 6.07) is 6.66. The minimum atomic E-state index is 0.573. The van der Waals surface area contributed by atoms with E-state index in [4.69, 9.17) is 7.85 Å². The van der Waals surface area contributed by atoms with Crippen LogP contribution in [0.5, 0.6) is 0 Å². The van der Waals surface area contributed by atoms with Crippen molar-refractivity contribution in [2.24, 2.45) is 4.99 Å². The summed E-state index contributed by atoms with van der Waals surface area (Å²) in [7, 11) is 5.38. The second-order valence-electron chi connectivity index (χ2n) is 1.79. The number of benzene rings is 1. The first-order chi connectivity index (χ1) is 4.83. The molecule has 1 rings (SSSR count). The molecule has 0 N–H and O–H groups in total. The molecule has 2 nitrogen and oxygen atoms in total. The van der Waals surface area contributed by atoms with E-state index in [-0.39, 0.29) is 0 Å². The molecule has 3 heteroatoms. The number of isocyanates is 1.